The molecule has 1 aromatic rings. The fourth-order valence-electron chi connectivity index (χ4n) is 1.90. The van der Waals surface area contributed by atoms with E-state index in [0.29, 0.717) is 5.17 Å². The van der Waals surface area contributed by atoms with Gasteiger partial charge in [-0.15, -0.1) is 0 Å². The lowest BCUT2D eigenvalue weighted by molar-refractivity contribution is -0.114. The third-order valence-electron chi connectivity index (χ3n) is 2.98. The second-order valence-electron chi connectivity index (χ2n) is 4.42. The number of hydrogen-bond donors (Lipinski definition) is 1. The van der Waals surface area contributed by atoms with Crippen LogP contribution in [0.25, 0.3) is 6.08 Å². The molecule has 0 aliphatic carbocycles. The Hall–Kier alpha value is -1.73. The largest absolute Gasteiger partial charge is 0.283 e. The van der Waals surface area contributed by atoms with Gasteiger partial charge in [-0.2, -0.15) is 15.1 Å². The van der Waals surface area contributed by atoms with E-state index >= 15 is 0 Å². The molecule has 21 heavy (non-hydrogen) atoms. The standard InChI is InChI=1S/C14H11BrN4OS/c1-2-11-18-19-12(16)10(13(20)17-14(19)21-11)7-8-3-5-9(15)6-4-8/h3-7,16H,2H2,1H3/b10-7-,16-12?. The fraction of sp³-hybridized carbons (Fsp3) is 0.143. The van der Waals surface area contributed by atoms with Gasteiger partial charge in [0.15, 0.2) is 5.84 Å². The first-order valence-electron chi connectivity index (χ1n) is 6.33. The molecule has 0 saturated heterocycles. The summed E-state index contributed by atoms with van der Waals surface area (Å²) in [6.45, 7) is 1.98. The summed E-state index contributed by atoms with van der Waals surface area (Å²) in [5.41, 5.74) is 1.10. The molecule has 0 fully saturated rings. The minimum atomic E-state index is -0.394. The van der Waals surface area contributed by atoms with Crippen LogP contribution < -0.4 is 0 Å². The fourth-order valence-corrected chi connectivity index (χ4v) is 2.99. The molecule has 1 amide bonds. The summed E-state index contributed by atoms with van der Waals surface area (Å²) in [5, 5.41) is 15.2. The van der Waals surface area contributed by atoms with Gasteiger partial charge in [0.05, 0.1) is 5.57 Å². The van der Waals surface area contributed by atoms with Crippen molar-refractivity contribution in [1.82, 2.24) is 5.01 Å². The maximum atomic E-state index is 12.1. The molecule has 1 N–H and O–H groups in total. The van der Waals surface area contributed by atoms with E-state index in [4.69, 9.17) is 5.41 Å². The van der Waals surface area contributed by atoms with Crippen LogP contribution in [0.1, 0.15) is 18.9 Å². The monoisotopic (exact) mass is 362 g/mol. The summed E-state index contributed by atoms with van der Waals surface area (Å²) in [6, 6.07) is 7.51. The summed E-state index contributed by atoms with van der Waals surface area (Å²) in [7, 11) is 0. The van der Waals surface area contributed by atoms with Crippen LogP contribution in [-0.4, -0.2) is 27.0 Å². The molecule has 0 bridgehead atoms. The lowest BCUT2D eigenvalue weighted by atomic mass is 10.1. The zero-order valence-corrected chi connectivity index (χ0v) is 13.5. The van der Waals surface area contributed by atoms with E-state index in [1.807, 2.05) is 31.2 Å². The zero-order valence-electron chi connectivity index (χ0n) is 11.1. The van der Waals surface area contributed by atoms with Crippen molar-refractivity contribution in [3.05, 3.63) is 39.9 Å². The molecular weight excluding hydrogens is 352 g/mol. The molecule has 2 aliphatic heterocycles. The molecule has 2 aliphatic rings. The van der Waals surface area contributed by atoms with Gasteiger partial charge in [0.2, 0.25) is 5.17 Å². The van der Waals surface area contributed by atoms with E-state index in [2.05, 4.69) is 26.0 Å². The Balaban J connectivity index is 1.97. The minimum absolute atomic E-state index is 0.0730. The molecule has 0 saturated carbocycles. The molecule has 7 heteroatoms. The number of aliphatic imine (C=N–C) groups is 1. The molecule has 2 heterocycles. The van der Waals surface area contributed by atoms with E-state index in [0.717, 1.165) is 21.5 Å². The third-order valence-corrected chi connectivity index (χ3v) is 4.56. The number of halogens is 1. The van der Waals surface area contributed by atoms with Gasteiger partial charge in [-0.05, 0) is 42.0 Å². The number of benzene rings is 1. The molecule has 5 nitrogen and oxygen atoms in total. The molecule has 1 aromatic carbocycles. The van der Waals surface area contributed by atoms with Crippen LogP contribution in [-0.2, 0) is 4.79 Å². The Morgan fingerprint density at radius 1 is 1.38 bits per heavy atom. The molecule has 0 radical (unpaired) electrons. The highest BCUT2D eigenvalue weighted by molar-refractivity contribution is 9.10. The van der Waals surface area contributed by atoms with Gasteiger partial charge < -0.3 is 0 Å². The number of thioether (sulfide) groups is 1. The Morgan fingerprint density at radius 2 is 2.10 bits per heavy atom. The topological polar surface area (TPSA) is 68.9 Å². The van der Waals surface area contributed by atoms with Gasteiger partial charge in [-0.25, -0.2) is 0 Å². The minimum Gasteiger partial charge on any atom is -0.282 e. The average Bonchev–Trinajstić information content (AvgIpc) is 2.88. The Morgan fingerprint density at radius 3 is 2.76 bits per heavy atom. The number of hydrogen-bond acceptors (Lipinski definition) is 4. The van der Waals surface area contributed by atoms with Gasteiger partial charge in [0, 0.05) is 4.47 Å². The lowest BCUT2D eigenvalue weighted by Gasteiger charge is -2.20. The molecule has 0 unspecified atom stereocenters. The molecule has 3 rings (SSSR count). The van der Waals surface area contributed by atoms with Crippen molar-refractivity contribution in [2.75, 3.05) is 0 Å². The van der Waals surface area contributed by atoms with Crippen LogP contribution in [0, 0.1) is 5.41 Å². The lowest BCUT2D eigenvalue weighted by Crippen LogP contribution is -2.35. The normalized spacial score (nSPS) is 19.7. The van der Waals surface area contributed by atoms with Gasteiger partial charge in [-0.1, -0.05) is 35.0 Å². The SMILES string of the molecule is CCC1=NN2C(=N)/C(=C/c3ccc(Br)cc3)C(=O)N=C2S1. The van der Waals surface area contributed by atoms with E-state index in [9.17, 15) is 4.79 Å². The summed E-state index contributed by atoms with van der Waals surface area (Å²) >= 11 is 4.71. The van der Waals surface area contributed by atoms with E-state index in [1.54, 1.807) is 6.08 Å². The Bertz CT molecular complexity index is 721. The van der Waals surface area contributed by atoms with Crippen molar-refractivity contribution in [2.45, 2.75) is 13.3 Å². The maximum Gasteiger partial charge on any atom is 0.283 e. The van der Waals surface area contributed by atoms with Crippen molar-refractivity contribution < 1.29 is 4.79 Å². The molecule has 106 valence electrons. The number of nitrogens with one attached hydrogen (secondary N) is 1. The van der Waals surface area contributed by atoms with E-state index in [-0.39, 0.29) is 11.4 Å². The number of carbonyl (C=O) groups excluding carboxylic acids is 1. The predicted molar refractivity (Wildman–Crippen MR) is 89.4 cm³/mol. The van der Waals surface area contributed by atoms with Gasteiger partial charge in [0.1, 0.15) is 5.04 Å². The van der Waals surface area contributed by atoms with Crippen molar-refractivity contribution >= 4 is 55.7 Å². The quantitative estimate of drug-likeness (QED) is 0.818. The number of hydrazone groups is 1. The Kier molecular flexibility index (Phi) is 3.77. The van der Waals surface area contributed by atoms with Crippen molar-refractivity contribution in [3.8, 4) is 0 Å². The molecular formula is C14H11BrN4OS. The van der Waals surface area contributed by atoms with E-state index in [1.165, 1.54) is 16.8 Å². The summed E-state index contributed by atoms with van der Waals surface area (Å²) < 4.78 is 0.961. The summed E-state index contributed by atoms with van der Waals surface area (Å²) in [6.07, 6.45) is 2.43. The predicted octanol–water partition coefficient (Wildman–Crippen LogP) is 3.48. The summed E-state index contributed by atoms with van der Waals surface area (Å²) in [5.74, 6) is -0.321. The maximum absolute atomic E-state index is 12.1. The van der Waals surface area contributed by atoms with Crippen molar-refractivity contribution in [2.24, 2.45) is 10.1 Å². The molecule has 0 aromatic heterocycles. The number of amidine groups is 2. The third kappa shape index (κ3) is 2.71. The van der Waals surface area contributed by atoms with Crippen molar-refractivity contribution in [1.29, 1.82) is 5.41 Å². The smallest absolute Gasteiger partial charge is 0.282 e. The highest BCUT2D eigenvalue weighted by Crippen LogP contribution is 2.29. The highest BCUT2D eigenvalue weighted by atomic mass is 79.9. The van der Waals surface area contributed by atoms with Crippen LogP contribution in [0.5, 0.6) is 0 Å². The number of amides is 1. The first-order valence-corrected chi connectivity index (χ1v) is 7.94. The van der Waals surface area contributed by atoms with Crippen LogP contribution in [0.2, 0.25) is 0 Å². The first kappa shape index (κ1) is 14.2. The van der Waals surface area contributed by atoms with Gasteiger partial charge in [-0.3, -0.25) is 10.2 Å². The number of carbonyl (C=O) groups is 1. The van der Waals surface area contributed by atoms with E-state index < -0.39 is 5.91 Å². The van der Waals surface area contributed by atoms with Crippen LogP contribution in [0.4, 0.5) is 0 Å². The van der Waals surface area contributed by atoms with Crippen molar-refractivity contribution in [3.63, 3.8) is 0 Å². The second-order valence-corrected chi connectivity index (χ2v) is 6.38. The van der Waals surface area contributed by atoms with Crippen LogP contribution >= 0.6 is 27.7 Å². The zero-order chi connectivity index (χ0) is 15.0. The number of rotatable bonds is 2. The first-order chi connectivity index (χ1) is 10.1. The second kappa shape index (κ2) is 5.57. The molecule has 0 spiro atoms. The number of fused-ring (bicyclic) bond motifs is 1. The van der Waals surface area contributed by atoms with Crippen LogP contribution in [0.15, 0.2) is 44.4 Å². The van der Waals surface area contributed by atoms with Crippen LogP contribution in [0.3, 0.4) is 0 Å². The van der Waals surface area contributed by atoms with Gasteiger partial charge in [0.25, 0.3) is 5.91 Å². The van der Waals surface area contributed by atoms with Gasteiger partial charge >= 0.3 is 0 Å². The number of nitrogens with zero attached hydrogens (tertiary/aromatic N) is 3. The average molecular weight is 363 g/mol. The Labute approximate surface area is 134 Å². The highest BCUT2D eigenvalue weighted by Gasteiger charge is 2.34. The summed E-state index contributed by atoms with van der Waals surface area (Å²) in [4.78, 5) is 16.1. The molecule has 0 atom stereocenters.